The number of nitrogens with one attached hydrogen (secondary N) is 2. The maximum absolute atomic E-state index is 4.40. The van der Waals surface area contributed by atoms with Crippen molar-refractivity contribution in [1.82, 2.24) is 34.7 Å². The Kier molecular flexibility index (Phi) is 2.59. The Balaban J connectivity index is 2.10. The Morgan fingerprint density at radius 2 is 2.22 bits per heavy atom. The summed E-state index contributed by atoms with van der Waals surface area (Å²) >= 11 is 1.41. The average molecular weight is 262 g/mol. The normalized spacial score (nSPS) is 11.0. The van der Waals surface area contributed by atoms with E-state index < -0.39 is 0 Å². The fraction of sp³-hybridized carbons (Fsp3) is 0.222. The number of aryl methyl sites for hydroxylation is 1. The van der Waals surface area contributed by atoms with Crippen LogP contribution in [0.3, 0.4) is 0 Å². The fourth-order valence-corrected chi connectivity index (χ4v) is 2.29. The first kappa shape index (κ1) is 11.0. The van der Waals surface area contributed by atoms with Crippen LogP contribution in [0.5, 0.6) is 0 Å². The quantitative estimate of drug-likeness (QED) is 0.669. The molecule has 0 aliphatic heterocycles. The lowest BCUT2D eigenvalue weighted by Crippen LogP contribution is -1.99. The molecule has 0 saturated carbocycles. The Labute approximate surface area is 106 Å². The molecule has 0 saturated heterocycles. The lowest BCUT2D eigenvalue weighted by Gasteiger charge is -2.03. The number of hydrogen-bond donors (Lipinski definition) is 2. The highest BCUT2D eigenvalue weighted by Crippen LogP contribution is 2.28. The van der Waals surface area contributed by atoms with Crippen molar-refractivity contribution >= 4 is 28.9 Å². The molecule has 0 aromatic carbocycles. The van der Waals surface area contributed by atoms with Crippen molar-refractivity contribution in [3.8, 4) is 0 Å². The average Bonchev–Trinajstić information content (AvgIpc) is 2.98. The number of hydrogen-bond acceptors (Lipinski definition) is 7. The zero-order chi connectivity index (χ0) is 12.5. The molecule has 3 aromatic rings. The number of aromatic nitrogens is 7. The standard InChI is InChI=1S/C9H10N8S/c1-10-8-15-6-5(11-3-12-6)7(16-8)18-9-13-4-14-17(9)2/h3-4H,1-2H3,(H2,10,11,12,15,16). The fourth-order valence-electron chi connectivity index (χ4n) is 1.46. The molecule has 3 rings (SSSR count). The third-order valence-corrected chi connectivity index (χ3v) is 3.37. The predicted molar refractivity (Wildman–Crippen MR) is 66.4 cm³/mol. The molecule has 0 amide bonds. The summed E-state index contributed by atoms with van der Waals surface area (Å²) in [6.45, 7) is 0. The van der Waals surface area contributed by atoms with E-state index in [0.717, 1.165) is 15.7 Å². The summed E-state index contributed by atoms with van der Waals surface area (Å²) in [5.41, 5.74) is 1.42. The Hall–Kier alpha value is -2.16. The third kappa shape index (κ3) is 1.78. The summed E-state index contributed by atoms with van der Waals surface area (Å²) in [4.78, 5) is 20.0. The number of anilines is 1. The van der Waals surface area contributed by atoms with E-state index in [9.17, 15) is 0 Å². The van der Waals surface area contributed by atoms with Crippen molar-refractivity contribution in [3.63, 3.8) is 0 Å². The van der Waals surface area contributed by atoms with Crippen molar-refractivity contribution in [2.24, 2.45) is 7.05 Å². The van der Waals surface area contributed by atoms with Gasteiger partial charge in [0.25, 0.3) is 0 Å². The second-order valence-electron chi connectivity index (χ2n) is 3.47. The van der Waals surface area contributed by atoms with Gasteiger partial charge in [-0.25, -0.2) is 19.6 Å². The van der Waals surface area contributed by atoms with Crippen LogP contribution in [0.1, 0.15) is 0 Å². The molecule has 9 heteroatoms. The molecule has 18 heavy (non-hydrogen) atoms. The van der Waals surface area contributed by atoms with Crippen LogP contribution >= 0.6 is 11.8 Å². The van der Waals surface area contributed by atoms with Crippen molar-refractivity contribution in [2.75, 3.05) is 12.4 Å². The van der Waals surface area contributed by atoms with Crippen LogP contribution in [0, 0.1) is 0 Å². The van der Waals surface area contributed by atoms with E-state index in [1.807, 2.05) is 7.05 Å². The molecule has 0 spiro atoms. The van der Waals surface area contributed by atoms with Crippen molar-refractivity contribution in [2.45, 2.75) is 10.2 Å². The summed E-state index contributed by atoms with van der Waals surface area (Å²) in [5, 5.41) is 8.45. The minimum absolute atomic E-state index is 0.527. The summed E-state index contributed by atoms with van der Waals surface area (Å²) < 4.78 is 1.69. The van der Waals surface area contributed by atoms with Gasteiger partial charge >= 0.3 is 0 Å². The second-order valence-corrected chi connectivity index (χ2v) is 4.43. The molecule has 0 bridgehead atoms. The molecule has 0 fully saturated rings. The van der Waals surface area contributed by atoms with E-state index in [1.54, 1.807) is 18.1 Å². The number of imidazole rings is 1. The van der Waals surface area contributed by atoms with E-state index >= 15 is 0 Å². The molecule has 2 N–H and O–H groups in total. The van der Waals surface area contributed by atoms with Crippen LogP contribution in [-0.4, -0.2) is 41.7 Å². The van der Waals surface area contributed by atoms with Gasteiger partial charge in [-0.1, -0.05) is 0 Å². The highest BCUT2D eigenvalue weighted by atomic mass is 32.2. The van der Waals surface area contributed by atoms with Gasteiger partial charge in [0, 0.05) is 14.1 Å². The van der Waals surface area contributed by atoms with Gasteiger partial charge in [-0.05, 0) is 11.8 Å². The minimum atomic E-state index is 0.527. The minimum Gasteiger partial charge on any atom is -0.357 e. The van der Waals surface area contributed by atoms with Crippen LogP contribution < -0.4 is 5.32 Å². The van der Waals surface area contributed by atoms with Gasteiger partial charge < -0.3 is 10.3 Å². The first-order valence-electron chi connectivity index (χ1n) is 5.18. The van der Waals surface area contributed by atoms with Gasteiger partial charge in [0.15, 0.2) is 10.8 Å². The molecule has 8 nitrogen and oxygen atoms in total. The van der Waals surface area contributed by atoms with Crippen LogP contribution in [0.4, 0.5) is 5.95 Å². The number of fused-ring (bicyclic) bond motifs is 1. The molecule has 0 aliphatic rings. The van der Waals surface area contributed by atoms with E-state index in [-0.39, 0.29) is 0 Å². The highest BCUT2D eigenvalue weighted by molar-refractivity contribution is 7.99. The van der Waals surface area contributed by atoms with Gasteiger partial charge in [-0.15, -0.1) is 0 Å². The zero-order valence-electron chi connectivity index (χ0n) is 9.75. The predicted octanol–water partition coefficient (Wildman–Crippen LogP) is 0.674. The van der Waals surface area contributed by atoms with Gasteiger partial charge in [0.1, 0.15) is 16.9 Å². The van der Waals surface area contributed by atoms with Gasteiger partial charge in [-0.2, -0.15) is 10.1 Å². The van der Waals surface area contributed by atoms with Gasteiger partial charge in [0.2, 0.25) is 5.95 Å². The van der Waals surface area contributed by atoms with Crippen LogP contribution in [0.2, 0.25) is 0 Å². The summed E-state index contributed by atoms with van der Waals surface area (Å²) in [6.07, 6.45) is 3.10. The zero-order valence-corrected chi connectivity index (χ0v) is 10.6. The van der Waals surface area contributed by atoms with Gasteiger partial charge in [0.05, 0.1) is 6.33 Å². The number of aromatic amines is 1. The molecular weight excluding hydrogens is 252 g/mol. The van der Waals surface area contributed by atoms with Crippen molar-refractivity contribution in [3.05, 3.63) is 12.7 Å². The molecule has 0 atom stereocenters. The van der Waals surface area contributed by atoms with E-state index in [1.165, 1.54) is 18.1 Å². The molecule has 0 radical (unpaired) electrons. The molecule has 0 aliphatic carbocycles. The summed E-state index contributed by atoms with van der Waals surface area (Å²) in [5.74, 6) is 0.527. The molecular formula is C9H10N8S. The number of nitrogens with zero attached hydrogens (tertiary/aromatic N) is 6. The highest BCUT2D eigenvalue weighted by Gasteiger charge is 2.13. The van der Waals surface area contributed by atoms with Crippen LogP contribution in [0.15, 0.2) is 22.8 Å². The number of rotatable bonds is 3. The largest absolute Gasteiger partial charge is 0.357 e. The molecule has 0 unspecified atom stereocenters. The van der Waals surface area contributed by atoms with Gasteiger partial charge in [-0.3, -0.25) is 0 Å². The number of H-pyrrole nitrogens is 1. The third-order valence-electron chi connectivity index (χ3n) is 2.33. The Morgan fingerprint density at radius 1 is 1.33 bits per heavy atom. The molecule has 3 aromatic heterocycles. The first-order chi connectivity index (χ1) is 8.78. The van der Waals surface area contributed by atoms with E-state index in [4.69, 9.17) is 0 Å². The maximum Gasteiger partial charge on any atom is 0.225 e. The lowest BCUT2D eigenvalue weighted by atomic mass is 10.5. The lowest BCUT2D eigenvalue weighted by molar-refractivity contribution is 0.685. The SMILES string of the molecule is CNc1nc(Sc2ncnn2C)c2[nH]cnc2n1. The van der Waals surface area contributed by atoms with E-state index in [2.05, 4.69) is 35.3 Å². The van der Waals surface area contributed by atoms with Crippen molar-refractivity contribution in [1.29, 1.82) is 0 Å². The first-order valence-corrected chi connectivity index (χ1v) is 6.00. The Morgan fingerprint density at radius 3 is 2.94 bits per heavy atom. The summed E-state index contributed by atoms with van der Waals surface area (Å²) in [7, 11) is 3.60. The van der Waals surface area contributed by atoms with Crippen LogP contribution in [-0.2, 0) is 7.05 Å². The topological polar surface area (TPSA) is 97.2 Å². The summed E-state index contributed by atoms with van der Waals surface area (Å²) in [6, 6.07) is 0. The smallest absolute Gasteiger partial charge is 0.225 e. The molecule has 3 heterocycles. The van der Waals surface area contributed by atoms with E-state index in [0.29, 0.717) is 11.6 Å². The Bertz CT molecular complexity index is 687. The maximum atomic E-state index is 4.40. The van der Waals surface area contributed by atoms with Crippen LogP contribution in [0.25, 0.3) is 11.2 Å². The molecule has 92 valence electrons. The monoisotopic (exact) mass is 262 g/mol. The second kappa shape index (κ2) is 4.26. The van der Waals surface area contributed by atoms with Crippen molar-refractivity contribution < 1.29 is 0 Å².